The summed E-state index contributed by atoms with van der Waals surface area (Å²) in [6.45, 7) is 0.184. The van der Waals surface area contributed by atoms with Gasteiger partial charge in [-0.1, -0.05) is 24.3 Å². The van der Waals surface area contributed by atoms with E-state index in [1.165, 1.54) is 6.21 Å². The van der Waals surface area contributed by atoms with Crippen molar-refractivity contribution in [2.75, 3.05) is 6.61 Å². The Kier molecular flexibility index (Phi) is 2.81. The molecule has 0 aliphatic rings. The van der Waals surface area contributed by atoms with Crippen molar-refractivity contribution in [3.8, 4) is 0 Å². The Morgan fingerprint density at radius 1 is 1.27 bits per heavy atom. The third-order valence-electron chi connectivity index (χ3n) is 1.55. The minimum atomic E-state index is 0.184. The highest BCUT2D eigenvalue weighted by atomic mass is 16.2. The summed E-state index contributed by atoms with van der Waals surface area (Å²) in [6, 6.07) is 7.60. The Labute approximate surface area is 66.0 Å². The predicted octanol–water partition coefficient (Wildman–Crippen LogP) is 1.22. The molecule has 0 heterocycles. The Balaban J connectivity index is 2.74. The quantitative estimate of drug-likeness (QED) is 0.623. The Morgan fingerprint density at radius 3 is 2.36 bits per heavy atom. The van der Waals surface area contributed by atoms with Gasteiger partial charge in [-0.25, -0.2) is 0 Å². The molecule has 0 fully saturated rings. The second kappa shape index (κ2) is 3.88. The maximum absolute atomic E-state index is 8.60. The van der Waals surface area contributed by atoms with Crippen molar-refractivity contribution >= 4 is 6.21 Å². The monoisotopic (exact) mass is 149 g/mol. The predicted molar refractivity (Wildman–Crippen MR) is 45.1 cm³/mol. The number of aliphatic hydroxyl groups is 1. The number of hydrogen-bond acceptors (Lipinski definition) is 2. The van der Waals surface area contributed by atoms with Crippen LogP contribution in [0.1, 0.15) is 11.1 Å². The molecule has 0 bridgehead atoms. The van der Waals surface area contributed by atoms with Crippen molar-refractivity contribution in [2.45, 2.75) is 6.42 Å². The lowest BCUT2D eigenvalue weighted by Crippen LogP contribution is -1.90. The molecule has 58 valence electrons. The van der Waals surface area contributed by atoms with Crippen LogP contribution in [0.3, 0.4) is 0 Å². The molecule has 0 aliphatic heterocycles. The average Bonchev–Trinajstić information content (AvgIpc) is 2.07. The molecule has 0 aromatic heterocycles. The fourth-order valence-corrected chi connectivity index (χ4v) is 0.910. The summed E-state index contributed by atoms with van der Waals surface area (Å²) < 4.78 is 0. The third kappa shape index (κ3) is 2.16. The summed E-state index contributed by atoms with van der Waals surface area (Å²) in [5.74, 6) is 0. The molecular weight excluding hydrogens is 138 g/mol. The highest BCUT2D eigenvalue weighted by Gasteiger charge is 1.90. The van der Waals surface area contributed by atoms with Crippen LogP contribution in [-0.4, -0.2) is 17.9 Å². The molecule has 1 aromatic carbocycles. The van der Waals surface area contributed by atoms with Gasteiger partial charge >= 0.3 is 0 Å². The molecule has 0 saturated carbocycles. The zero-order chi connectivity index (χ0) is 8.10. The van der Waals surface area contributed by atoms with Gasteiger partial charge in [0.05, 0.1) is 0 Å². The number of hydrogen-bond donors (Lipinski definition) is 2. The van der Waals surface area contributed by atoms with E-state index in [1.54, 1.807) is 0 Å². The second-order valence-electron chi connectivity index (χ2n) is 2.36. The van der Waals surface area contributed by atoms with Gasteiger partial charge in [-0.3, -0.25) is 0 Å². The van der Waals surface area contributed by atoms with Crippen LogP contribution in [0.5, 0.6) is 0 Å². The van der Waals surface area contributed by atoms with E-state index in [0.717, 1.165) is 11.1 Å². The topological polar surface area (TPSA) is 44.1 Å². The molecule has 0 saturated heterocycles. The summed E-state index contributed by atoms with van der Waals surface area (Å²) in [4.78, 5) is 0. The van der Waals surface area contributed by atoms with Crippen molar-refractivity contribution in [3.05, 3.63) is 35.4 Å². The standard InChI is InChI=1S/C9H11NO/c10-7-9-3-1-8(2-4-9)5-6-11/h1-4,7,10-11H,5-6H2. The Bertz CT molecular complexity index is 228. The number of rotatable bonds is 3. The van der Waals surface area contributed by atoms with E-state index in [9.17, 15) is 0 Å². The van der Waals surface area contributed by atoms with Gasteiger partial charge in [0, 0.05) is 12.8 Å². The smallest absolute Gasteiger partial charge is 0.0471 e. The molecular formula is C9H11NO. The molecule has 2 heteroatoms. The Morgan fingerprint density at radius 2 is 1.91 bits per heavy atom. The first kappa shape index (κ1) is 7.95. The molecule has 1 aromatic rings. The van der Waals surface area contributed by atoms with Gasteiger partial charge in [-0.2, -0.15) is 0 Å². The lowest BCUT2D eigenvalue weighted by molar-refractivity contribution is 0.299. The van der Waals surface area contributed by atoms with E-state index in [1.807, 2.05) is 24.3 Å². The maximum atomic E-state index is 8.60. The maximum Gasteiger partial charge on any atom is 0.0471 e. The second-order valence-corrected chi connectivity index (χ2v) is 2.36. The highest BCUT2D eigenvalue weighted by molar-refractivity contribution is 5.76. The molecule has 0 spiro atoms. The molecule has 11 heavy (non-hydrogen) atoms. The van der Waals surface area contributed by atoms with Crippen LogP contribution in [0.15, 0.2) is 24.3 Å². The summed E-state index contributed by atoms with van der Waals surface area (Å²) >= 11 is 0. The molecule has 0 atom stereocenters. The molecule has 2 nitrogen and oxygen atoms in total. The van der Waals surface area contributed by atoms with Crippen molar-refractivity contribution < 1.29 is 5.11 Å². The van der Waals surface area contributed by atoms with Gasteiger partial charge in [0.25, 0.3) is 0 Å². The van der Waals surface area contributed by atoms with Gasteiger partial charge in [0.2, 0.25) is 0 Å². The van der Waals surface area contributed by atoms with E-state index >= 15 is 0 Å². The van der Waals surface area contributed by atoms with Crippen LogP contribution in [-0.2, 0) is 6.42 Å². The van der Waals surface area contributed by atoms with Gasteiger partial charge in [0.1, 0.15) is 0 Å². The number of benzene rings is 1. The van der Waals surface area contributed by atoms with E-state index in [2.05, 4.69) is 0 Å². The molecule has 0 aliphatic carbocycles. The summed E-state index contributed by atoms with van der Waals surface area (Å²) in [5.41, 5.74) is 2.00. The minimum Gasteiger partial charge on any atom is -0.396 e. The lowest BCUT2D eigenvalue weighted by atomic mass is 10.1. The first-order valence-corrected chi connectivity index (χ1v) is 3.57. The zero-order valence-electron chi connectivity index (χ0n) is 6.25. The van der Waals surface area contributed by atoms with Crippen LogP contribution in [0, 0.1) is 5.41 Å². The molecule has 0 amide bonds. The number of aliphatic hydroxyl groups excluding tert-OH is 1. The van der Waals surface area contributed by atoms with Crippen LogP contribution < -0.4 is 0 Å². The average molecular weight is 149 g/mol. The zero-order valence-corrected chi connectivity index (χ0v) is 6.25. The van der Waals surface area contributed by atoms with Crippen molar-refractivity contribution in [3.63, 3.8) is 0 Å². The van der Waals surface area contributed by atoms with E-state index in [0.29, 0.717) is 6.42 Å². The molecule has 0 unspecified atom stereocenters. The Hall–Kier alpha value is -1.15. The van der Waals surface area contributed by atoms with E-state index in [4.69, 9.17) is 10.5 Å². The largest absolute Gasteiger partial charge is 0.396 e. The number of nitrogens with one attached hydrogen (secondary N) is 1. The van der Waals surface area contributed by atoms with E-state index < -0.39 is 0 Å². The normalized spacial score (nSPS) is 9.55. The van der Waals surface area contributed by atoms with Crippen LogP contribution >= 0.6 is 0 Å². The third-order valence-corrected chi connectivity index (χ3v) is 1.55. The van der Waals surface area contributed by atoms with Crippen LogP contribution in [0.2, 0.25) is 0 Å². The van der Waals surface area contributed by atoms with Gasteiger partial charge < -0.3 is 10.5 Å². The molecule has 2 N–H and O–H groups in total. The van der Waals surface area contributed by atoms with E-state index in [-0.39, 0.29) is 6.61 Å². The summed E-state index contributed by atoms with van der Waals surface area (Å²) in [6.07, 6.45) is 2.00. The first-order valence-electron chi connectivity index (χ1n) is 3.57. The minimum absolute atomic E-state index is 0.184. The molecule has 1 rings (SSSR count). The highest BCUT2D eigenvalue weighted by Crippen LogP contribution is 2.02. The molecule has 0 radical (unpaired) electrons. The van der Waals surface area contributed by atoms with Gasteiger partial charge in [0.15, 0.2) is 0 Å². The van der Waals surface area contributed by atoms with Gasteiger partial charge in [-0.05, 0) is 17.5 Å². The summed E-state index contributed by atoms with van der Waals surface area (Å²) in [5, 5.41) is 15.5. The van der Waals surface area contributed by atoms with Crippen LogP contribution in [0.25, 0.3) is 0 Å². The van der Waals surface area contributed by atoms with Crippen LogP contribution in [0.4, 0.5) is 0 Å². The first-order chi connectivity index (χ1) is 5.36. The summed E-state index contributed by atoms with van der Waals surface area (Å²) in [7, 11) is 0. The SMILES string of the molecule is N=Cc1ccc(CCO)cc1. The lowest BCUT2D eigenvalue weighted by Gasteiger charge is -1.97. The fraction of sp³-hybridized carbons (Fsp3) is 0.222. The fourth-order valence-electron chi connectivity index (χ4n) is 0.910. The van der Waals surface area contributed by atoms with Crippen molar-refractivity contribution in [1.29, 1.82) is 5.41 Å². The van der Waals surface area contributed by atoms with Crippen molar-refractivity contribution in [2.24, 2.45) is 0 Å². The van der Waals surface area contributed by atoms with Gasteiger partial charge in [-0.15, -0.1) is 0 Å². The van der Waals surface area contributed by atoms with Crippen molar-refractivity contribution in [1.82, 2.24) is 0 Å².